The summed E-state index contributed by atoms with van der Waals surface area (Å²) in [6.45, 7) is 6.45. The Morgan fingerprint density at radius 2 is 1.00 bits per heavy atom. The van der Waals surface area contributed by atoms with Crippen molar-refractivity contribution in [1.29, 1.82) is 0 Å². The van der Waals surface area contributed by atoms with Crippen LogP contribution in [0.2, 0.25) is 0 Å². The van der Waals surface area contributed by atoms with E-state index in [9.17, 15) is 0 Å². The van der Waals surface area contributed by atoms with Gasteiger partial charge in [0.25, 0.3) is 0 Å². The first-order valence-corrected chi connectivity index (χ1v) is 16.4. The monoisotopic (exact) mass is 617 g/mol. The van der Waals surface area contributed by atoms with Gasteiger partial charge in [-0.25, -0.2) is 9.97 Å². The van der Waals surface area contributed by atoms with Crippen LogP contribution in [0.3, 0.4) is 0 Å². The highest BCUT2D eigenvalue weighted by molar-refractivity contribution is 6.09. The summed E-state index contributed by atoms with van der Waals surface area (Å²) in [4.78, 5) is 12.8. The lowest BCUT2D eigenvalue weighted by molar-refractivity contribution is 1.16. The molecule has 0 bridgehead atoms. The normalized spacial score (nSPS) is 11.2. The number of hydrogen-bond acceptors (Lipinski definition) is 3. The summed E-state index contributed by atoms with van der Waals surface area (Å²) in [5, 5.41) is 4.69. The standard InChI is InChI=1S/C45H35N3/c1-30-25-31(2)44(32(3)26-30)45-46-41(33-15-7-4-8-16-33)29-42(47-45)38-23-13-17-34-28-40-35(27-39(34)38)18-14-24-43(40)48(36-19-9-5-10-20-36)37-21-11-6-12-22-37/h4-29H,1-3H3. The molecule has 0 radical (unpaired) electrons. The molecule has 0 atom stereocenters. The minimum Gasteiger partial charge on any atom is -0.310 e. The van der Waals surface area contributed by atoms with E-state index in [1.54, 1.807) is 0 Å². The van der Waals surface area contributed by atoms with E-state index in [1.165, 1.54) is 27.5 Å². The summed E-state index contributed by atoms with van der Waals surface area (Å²) in [5.74, 6) is 0.753. The van der Waals surface area contributed by atoms with Crippen molar-refractivity contribution in [1.82, 2.24) is 9.97 Å². The maximum Gasteiger partial charge on any atom is 0.160 e. The average Bonchev–Trinajstić information content (AvgIpc) is 3.11. The summed E-state index contributed by atoms with van der Waals surface area (Å²) < 4.78 is 0. The van der Waals surface area contributed by atoms with Gasteiger partial charge in [-0.3, -0.25) is 0 Å². The maximum atomic E-state index is 5.29. The highest BCUT2D eigenvalue weighted by Crippen LogP contribution is 2.41. The van der Waals surface area contributed by atoms with Crippen molar-refractivity contribution in [3.8, 4) is 33.9 Å². The van der Waals surface area contributed by atoms with Gasteiger partial charge < -0.3 is 4.90 Å². The van der Waals surface area contributed by atoms with Gasteiger partial charge in [0.1, 0.15) is 0 Å². The summed E-state index contributed by atoms with van der Waals surface area (Å²) in [6, 6.07) is 55.9. The van der Waals surface area contributed by atoms with Crippen molar-refractivity contribution < 1.29 is 0 Å². The van der Waals surface area contributed by atoms with Crippen molar-refractivity contribution in [2.45, 2.75) is 20.8 Å². The van der Waals surface area contributed by atoms with Crippen LogP contribution < -0.4 is 4.90 Å². The topological polar surface area (TPSA) is 29.0 Å². The van der Waals surface area contributed by atoms with Crippen LogP contribution in [-0.2, 0) is 0 Å². The first-order chi connectivity index (χ1) is 23.5. The van der Waals surface area contributed by atoms with E-state index >= 15 is 0 Å². The van der Waals surface area contributed by atoms with E-state index in [-0.39, 0.29) is 0 Å². The van der Waals surface area contributed by atoms with Gasteiger partial charge in [0.15, 0.2) is 5.82 Å². The summed E-state index contributed by atoms with van der Waals surface area (Å²) in [7, 11) is 0. The molecule has 3 nitrogen and oxygen atoms in total. The molecular weight excluding hydrogens is 583 g/mol. The van der Waals surface area contributed by atoms with Gasteiger partial charge in [-0.05, 0) is 96.6 Å². The largest absolute Gasteiger partial charge is 0.310 e. The van der Waals surface area contributed by atoms with Crippen LogP contribution >= 0.6 is 0 Å². The predicted octanol–water partition coefficient (Wildman–Crippen LogP) is 12.2. The number of aryl methyl sites for hydroxylation is 3. The number of hydrogen-bond donors (Lipinski definition) is 0. The van der Waals surface area contributed by atoms with Gasteiger partial charge in [0.2, 0.25) is 0 Å². The maximum absolute atomic E-state index is 5.29. The molecule has 0 aliphatic carbocycles. The first kappa shape index (κ1) is 29.3. The Kier molecular flexibility index (Phi) is 7.51. The van der Waals surface area contributed by atoms with E-state index in [4.69, 9.17) is 9.97 Å². The molecule has 0 unspecified atom stereocenters. The van der Waals surface area contributed by atoms with Crippen LogP contribution in [0, 0.1) is 20.8 Å². The Labute approximate surface area is 281 Å². The lowest BCUT2D eigenvalue weighted by atomic mass is 9.95. The van der Waals surface area contributed by atoms with Gasteiger partial charge in [-0.2, -0.15) is 0 Å². The van der Waals surface area contributed by atoms with E-state index < -0.39 is 0 Å². The van der Waals surface area contributed by atoms with Gasteiger partial charge >= 0.3 is 0 Å². The molecule has 230 valence electrons. The molecule has 0 aliphatic heterocycles. The Morgan fingerprint density at radius 3 is 1.65 bits per heavy atom. The van der Waals surface area contributed by atoms with Crippen molar-refractivity contribution in [3.63, 3.8) is 0 Å². The molecule has 3 heteroatoms. The third-order valence-electron chi connectivity index (χ3n) is 9.10. The van der Waals surface area contributed by atoms with Crippen LogP contribution in [0.5, 0.6) is 0 Å². The molecule has 0 saturated heterocycles. The zero-order valence-electron chi connectivity index (χ0n) is 27.4. The van der Waals surface area contributed by atoms with Crippen LogP contribution in [0.15, 0.2) is 158 Å². The lowest BCUT2D eigenvalue weighted by Gasteiger charge is -2.27. The minimum absolute atomic E-state index is 0.753. The van der Waals surface area contributed by atoms with Crippen LogP contribution in [-0.4, -0.2) is 9.97 Å². The predicted molar refractivity (Wildman–Crippen MR) is 202 cm³/mol. The van der Waals surface area contributed by atoms with Gasteiger partial charge in [0, 0.05) is 33.5 Å². The van der Waals surface area contributed by atoms with E-state index in [0.29, 0.717) is 0 Å². The van der Waals surface area contributed by atoms with Crippen molar-refractivity contribution in [2.75, 3.05) is 4.90 Å². The molecule has 1 aromatic heterocycles. The number of nitrogens with zero attached hydrogens (tertiary/aromatic N) is 3. The Morgan fingerprint density at radius 1 is 0.458 bits per heavy atom. The first-order valence-electron chi connectivity index (χ1n) is 16.4. The number of anilines is 3. The smallest absolute Gasteiger partial charge is 0.160 e. The van der Waals surface area contributed by atoms with Crippen LogP contribution in [0.4, 0.5) is 17.1 Å². The number of para-hydroxylation sites is 2. The third-order valence-corrected chi connectivity index (χ3v) is 9.10. The molecule has 8 rings (SSSR count). The lowest BCUT2D eigenvalue weighted by Crippen LogP contribution is -2.10. The van der Waals surface area contributed by atoms with Gasteiger partial charge in [0.05, 0.1) is 17.1 Å². The molecule has 0 spiro atoms. The van der Waals surface area contributed by atoms with Crippen molar-refractivity contribution >= 4 is 38.6 Å². The number of aromatic nitrogens is 2. The molecule has 0 amide bonds. The fourth-order valence-electron chi connectivity index (χ4n) is 7.02. The fraction of sp³-hybridized carbons (Fsp3) is 0.0667. The number of benzene rings is 7. The second-order valence-electron chi connectivity index (χ2n) is 12.5. The molecule has 0 aliphatic rings. The zero-order chi connectivity index (χ0) is 32.6. The Hall–Kier alpha value is -6.06. The van der Waals surface area contributed by atoms with Crippen LogP contribution in [0.1, 0.15) is 16.7 Å². The fourth-order valence-corrected chi connectivity index (χ4v) is 7.02. The average molecular weight is 618 g/mol. The Balaban J connectivity index is 1.35. The van der Waals surface area contributed by atoms with E-state index in [1.807, 2.05) is 6.07 Å². The van der Waals surface area contributed by atoms with E-state index in [2.05, 4.69) is 177 Å². The molecule has 0 N–H and O–H groups in total. The quantitative estimate of drug-likeness (QED) is 0.174. The summed E-state index contributed by atoms with van der Waals surface area (Å²) in [5.41, 5.74) is 12.1. The third kappa shape index (κ3) is 5.40. The SMILES string of the molecule is Cc1cc(C)c(-c2nc(-c3ccccc3)cc(-c3cccc4cc5c(N(c6ccccc6)c6ccccc6)cccc5cc34)n2)c(C)c1. The molecule has 1 heterocycles. The van der Waals surface area contributed by atoms with Gasteiger partial charge in [-0.15, -0.1) is 0 Å². The second kappa shape index (κ2) is 12.3. The molecular formula is C45H35N3. The molecule has 7 aromatic carbocycles. The number of rotatable bonds is 6. The minimum atomic E-state index is 0.753. The second-order valence-corrected chi connectivity index (χ2v) is 12.5. The van der Waals surface area contributed by atoms with Gasteiger partial charge in [-0.1, -0.05) is 115 Å². The van der Waals surface area contributed by atoms with Crippen molar-refractivity contribution in [3.05, 3.63) is 174 Å². The van der Waals surface area contributed by atoms with Crippen LogP contribution in [0.25, 0.3) is 55.4 Å². The number of fused-ring (bicyclic) bond motifs is 2. The molecule has 0 saturated carbocycles. The van der Waals surface area contributed by atoms with E-state index in [0.717, 1.165) is 61.7 Å². The zero-order valence-corrected chi connectivity index (χ0v) is 27.4. The summed E-state index contributed by atoms with van der Waals surface area (Å²) in [6.07, 6.45) is 0. The summed E-state index contributed by atoms with van der Waals surface area (Å²) >= 11 is 0. The molecule has 48 heavy (non-hydrogen) atoms. The molecule has 0 fully saturated rings. The molecule has 8 aromatic rings. The van der Waals surface area contributed by atoms with Crippen molar-refractivity contribution in [2.24, 2.45) is 0 Å². The highest BCUT2D eigenvalue weighted by atomic mass is 15.1. The Bertz CT molecular complexity index is 2350. The highest BCUT2D eigenvalue weighted by Gasteiger charge is 2.18.